The van der Waals surface area contributed by atoms with Gasteiger partial charge < -0.3 is 10.1 Å². The Morgan fingerprint density at radius 1 is 1.38 bits per heavy atom. The number of H-pyrrole nitrogens is 1. The molecular weight excluding hydrogens is 294 g/mol. The number of carbonyl (C=O) groups is 1. The molecule has 1 aromatic heterocycles. The highest BCUT2D eigenvalue weighted by molar-refractivity contribution is 7.90. The maximum absolute atomic E-state index is 12.4. The summed E-state index contributed by atoms with van der Waals surface area (Å²) in [6.07, 6.45) is 6.23. The lowest BCUT2D eigenvalue weighted by atomic mass is 9.96. The predicted molar refractivity (Wildman–Crippen MR) is 79.7 cm³/mol. The smallest absolute Gasteiger partial charge is 0.339 e. The van der Waals surface area contributed by atoms with E-state index in [0.717, 1.165) is 32.1 Å². The Hall–Kier alpha value is -1.54. The average molecular weight is 315 g/mol. The van der Waals surface area contributed by atoms with Gasteiger partial charge in [0.05, 0.1) is 5.69 Å². The number of nitrogens with one attached hydrogen (secondary N) is 2. The van der Waals surface area contributed by atoms with Crippen molar-refractivity contribution in [2.75, 3.05) is 11.8 Å². The lowest BCUT2D eigenvalue weighted by Crippen LogP contribution is -2.41. The quantitative estimate of drug-likeness (QED) is 0.772. The number of hydrogen-bond donors (Lipinski definition) is 3. The van der Waals surface area contributed by atoms with Crippen molar-refractivity contribution in [1.29, 1.82) is 0 Å². The second kappa shape index (κ2) is 6.07. The Labute approximate surface area is 124 Å². The van der Waals surface area contributed by atoms with Gasteiger partial charge in [0, 0.05) is 25.0 Å². The van der Waals surface area contributed by atoms with E-state index in [1.54, 1.807) is 6.92 Å². The maximum atomic E-state index is 12.4. The number of rotatable bonds is 5. The van der Waals surface area contributed by atoms with Crippen LogP contribution in [0.15, 0.2) is 6.20 Å². The van der Waals surface area contributed by atoms with E-state index in [-0.39, 0.29) is 17.3 Å². The molecule has 0 aliphatic heterocycles. The number of aromatic nitrogens is 1. The average Bonchev–Trinajstić information content (AvgIpc) is 2.79. The monoisotopic (exact) mass is 315 g/mol. The van der Waals surface area contributed by atoms with Gasteiger partial charge in [-0.3, -0.25) is 4.72 Å². The van der Waals surface area contributed by atoms with E-state index in [0.29, 0.717) is 5.69 Å². The Morgan fingerprint density at radius 3 is 2.57 bits per heavy atom. The van der Waals surface area contributed by atoms with Crippen LogP contribution < -0.4 is 4.72 Å². The van der Waals surface area contributed by atoms with E-state index in [9.17, 15) is 13.2 Å². The molecule has 118 valence electrons. The first kappa shape index (κ1) is 15.8. The van der Waals surface area contributed by atoms with Crippen LogP contribution in [0, 0.1) is 6.92 Å². The fourth-order valence-electron chi connectivity index (χ4n) is 2.73. The van der Waals surface area contributed by atoms with Crippen molar-refractivity contribution in [2.24, 2.45) is 0 Å². The Bertz CT molecular complexity index is 617. The Kier molecular flexibility index (Phi) is 4.58. The molecule has 0 bridgehead atoms. The summed E-state index contributed by atoms with van der Waals surface area (Å²) < 4.78 is 28.5. The highest BCUT2D eigenvalue weighted by Gasteiger charge is 2.29. The third kappa shape index (κ3) is 3.38. The summed E-state index contributed by atoms with van der Waals surface area (Å²) in [5.41, 5.74) is 0.443. The van der Waals surface area contributed by atoms with Crippen LogP contribution in [0.4, 0.5) is 5.69 Å². The summed E-state index contributed by atoms with van der Waals surface area (Å²) >= 11 is 0. The first-order valence-electron chi connectivity index (χ1n) is 7.00. The standard InChI is InChI=1S/C13H21N3O4S/c1-9-12(13(17)18)11(8-14-9)15-21(19,20)16(2)10-6-4-3-5-7-10/h8,10,14-15H,3-7H2,1-2H3,(H,17,18). The van der Waals surface area contributed by atoms with Crippen LogP contribution in [0.5, 0.6) is 0 Å². The second-order valence-electron chi connectivity index (χ2n) is 5.42. The third-order valence-corrected chi connectivity index (χ3v) is 5.53. The molecule has 0 amide bonds. The lowest BCUT2D eigenvalue weighted by Gasteiger charge is -2.30. The first-order valence-corrected chi connectivity index (χ1v) is 8.44. The number of aromatic carboxylic acids is 1. The summed E-state index contributed by atoms with van der Waals surface area (Å²) in [4.78, 5) is 13.9. The zero-order valence-electron chi connectivity index (χ0n) is 12.2. The van der Waals surface area contributed by atoms with Gasteiger partial charge in [0.15, 0.2) is 0 Å². The van der Waals surface area contributed by atoms with E-state index >= 15 is 0 Å². The van der Waals surface area contributed by atoms with Gasteiger partial charge in [0.1, 0.15) is 5.56 Å². The van der Waals surface area contributed by atoms with Gasteiger partial charge in [0.25, 0.3) is 0 Å². The van der Waals surface area contributed by atoms with Crippen LogP contribution in [0.1, 0.15) is 48.2 Å². The van der Waals surface area contributed by atoms with E-state index in [2.05, 4.69) is 9.71 Å². The molecular formula is C13H21N3O4S. The summed E-state index contributed by atoms with van der Waals surface area (Å²) in [7, 11) is -2.22. The van der Waals surface area contributed by atoms with Crippen LogP contribution in [-0.2, 0) is 10.2 Å². The van der Waals surface area contributed by atoms with Crippen LogP contribution >= 0.6 is 0 Å². The van der Waals surface area contributed by atoms with E-state index < -0.39 is 16.2 Å². The van der Waals surface area contributed by atoms with Crippen molar-refractivity contribution in [3.63, 3.8) is 0 Å². The van der Waals surface area contributed by atoms with Gasteiger partial charge in [-0.05, 0) is 19.8 Å². The third-order valence-electron chi connectivity index (χ3n) is 4.00. The number of carboxylic acid groups (broad SMARTS) is 1. The van der Waals surface area contributed by atoms with Crippen molar-refractivity contribution < 1.29 is 18.3 Å². The summed E-state index contributed by atoms with van der Waals surface area (Å²) in [6.45, 7) is 1.59. The number of carboxylic acids is 1. The zero-order valence-corrected chi connectivity index (χ0v) is 13.0. The van der Waals surface area contributed by atoms with Crippen LogP contribution in [0.3, 0.4) is 0 Å². The van der Waals surface area contributed by atoms with Crippen molar-refractivity contribution in [3.05, 3.63) is 17.5 Å². The normalized spacial score (nSPS) is 17.1. The molecule has 21 heavy (non-hydrogen) atoms. The molecule has 1 heterocycles. The fraction of sp³-hybridized carbons (Fsp3) is 0.615. The largest absolute Gasteiger partial charge is 0.478 e. The number of hydrogen-bond acceptors (Lipinski definition) is 3. The molecule has 0 aromatic carbocycles. The minimum absolute atomic E-state index is 0.0235. The van der Waals surface area contributed by atoms with E-state index in [4.69, 9.17) is 5.11 Å². The van der Waals surface area contributed by atoms with Crippen molar-refractivity contribution >= 4 is 21.9 Å². The minimum Gasteiger partial charge on any atom is -0.478 e. The SMILES string of the molecule is Cc1[nH]cc(NS(=O)(=O)N(C)C2CCCCC2)c1C(=O)O. The molecule has 0 atom stereocenters. The van der Waals surface area contributed by atoms with Gasteiger partial charge in [0.2, 0.25) is 0 Å². The summed E-state index contributed by atoms with van der Waals surface area (Å²) in [5, 5.41) is 9.15. The lowest BCUT2D eigenvalue weighted by molar-refractivity contribution is 0.0697. The molecule has 1 saturated carbocycles. The molecule has 0 spiro atoms. The highest BCUT2D eigenvalue weighted by Crippen LogP contribution is 2.26. The summed E-state index contributed by atoms with van der Waals surface area (Å²) in [6, 6.07) is -0.0235. The molecule has 1 aliphatic rings. The minimum atomic E-state index is -3.76. The molecule has 0 radical (unpaired) electrons. The van der Waals surface area contributed by atoms with Crippen LogP contribution in [0.25, 0.3) is 0 Å². The Balaban J connectivity index is 2.19. The molecule has 3 N–H and O–H groups in total. The molecule has 2 rings (SSSR count). The fourth-order valence-corrected chi connectivity index (χ4v) is 3.92. The first-order chi connectivity index (χ1) is 9.83. The van der Waals surface area contributed by atoms with Gasteiger partial charge in [-0.2, -0.15) is 12.7 Å². The zero-order chi connectivity index (χ0) is 15.6. The topological polar surface area (TPSA) is 103 Å². The van der Waals surface area contributed by atoms with E-state index in [1.807, 2.05) is 0 Å². The predicted octanol–water partition coefficient (Wildman–Crippen LogP) is 1.94. The molecule has 1 fully saturated rings. The number of aromatic amines is 1. The number of aryl methyl sites for hydroxylation is 1. The maximum Gasteiger partial charge on any atom is 0.339 e. The van der Waals surface area contributed by atoms with Crippen molar-refractivity contribution in [2.45, 2.75) is 45.1 Å². The number of nitrogens with zero attached hydrogens (tertiary/aromatic N) is 1. The molecule has 7 nitrogen and oxygen atoms in total. The van der Waals surface area contributed by atoms with Gasteiger partial charge in [-0.25, -0.2) is 4.79 Å². The van der Waals surface area contributed by atoms with Crippen LogP contribution in [0.2, 0.25) is 0 Å². The molecule has 1 aromatic rings. The van der Waals surface area contributed by atoms with Gasteiger partial charge >= 0.3 is 16.2 Å². The van der Waals surface area contributed by atoms with E-state index in [1.165, 1.54) is 17.5 Å². The summed E-state index contributed by atoms with van der Waals surface area (Å²) in [5.74, 6) is -1.16. The Morgan fingerprint density at radius 2 is 2.00 bits per heavy atom. The highest BCUT2D eigenvalue weighted by atomic mass is 32.2. The molecule has 0 saturated heterocycles. The van der Waals surface area contributed by atoms with Crippen LogP contribution in [-0.4, -0.2) is 41.9 Å². The van der Waals surface area contributed by atoms with Gasteiger partial charge in [-0.15, -0.1) is 0 Å². The number of anilines is 1. The molecule has 1 aliphatic carbocycles. The molecule has 8 heteroatoms. The van der Waals surface area contributed by atoms with Crippen molar-refractivity contribution in [1.82, 2.24) is 9.29 Å². The van der Waals surface area contributed by atoms with Gasteiger partial charge in [-0.1, -0.05) is 19.3 Å². The molecule has 0 unspecified atom stereocenters. The van der Waals surface area contributed by atoms with Crippen molar-refractivity contribution in [3.8, 4) is 0 Å². The second-order valence-corrected chi connectivity index (χ2v) is 7.15.